The second-order valence-electron chi connectivity index (χ2n) is 2.67. The SMILES string of the molecule is COC(=O)c1c(C(F)F)cc(C#N)nc1Br. The van der Waals surface area contributed by atoms with Crippen LogP contribution in [0, 0.1) is 11.3 Å². The number of halogens is 3. The van der Waals surface area contributed by atoms with Crippen molar-refractivity contribution in [2.45, 2.75) is 6.43 Å². The molecule has 16 heavy (non-hydrogen) atoms. The van der Waals surface area contributed by atoms with Crippen molar-refractivity contribution in [3.05, 3.63) is 27.5 Å². The zero-order chi connectivity index (χ0) is 12.3. The van der Waals surface area contributed by atoms with Gasteiger partial charge in [0, 0.05) is 5.56 Å². The minimum absolute atomic E-state index is 0.131. The molecule has 1 aromatic heterocycles. The first-order chi connectivity index (χ1) is 7.51. The minimum atomic E-state index is -2.89. The maximum Gasteiger partial charge on any atom is 0.341 e. The van der Waals surface area contributed by atoms with Crippen molar-refractivity contribution in [3.63, 3.8) is 0 Å². The number of rotatable bonds is 2. The van der Waals surface area contributed by atoms with E-state index in [-0.39, 0.29) is 15.9 Å². The monoisotopic (exact) mass is 290 g/mol. The predicted molar refractivity (Wildman–Crippen MR) is 52.9 cm³/mol. The summed E-state index contributed by atoms with van der Waals surface area (Å²) in [6.07, 6.45) is -2.89. The van der Waals surface area contributed by atoms with E-state index in [1.807, 2.05) is 0 Å². The molecule has 0 fully saturated rings. The summed E-state index contributed by atoms with van der Waals surface area (Å²) in [6, 6.07) is 2.48. The number of aromatic nitrogens is 1. The molecule has 0 saturated heterocycles. The van der Waals surface area contributed by atoms with Crippen LogP contribution in [0.4, 0.5) is 8.78 Å². The fourth-order valence-corrected chi connectivity index (χ4v) is 1.65. The average molecular weight is 291 g/mol. The van der Waals surface area contributed by atoms with Crippen LogP contribution in [0.1, 0.15) is 28.0 Å². The van der Waals surface area contributed by atoms with Crippen LogP contribution in [0.3, 0.4) is 0 Å². The highest BCUT2D eigenvalue weighted by Gasteiger charge is 2.24. The Kier molecular flexibility index (Phi) is 3.90. The van der Waals surface area contributed by atoms with Crippen molar-refractivity contribution >= 4 is 21.9 Å². The van der Waals surface area contributed by atoms with Crippen molar-refractivity contribution in [1.29, 1.82) is 5.26 Å². The fraction of sp³-hybridized carbons (Fsp3) is 0.222. The molecule has 0 aromatic carbocycles. The van der Waals surface area contributed by atoms with Crippen LogP contribution >= 0.6 is 15.9 Å². The normalized spacial score (nSPS) is 10.0. The Morgan fingerprint density at radius 3 is 2.75 bits per heavy atom. The number of methoxy groups -OCH3 is 1. The van der Waals surface area contributed by atoms with Crippen molar-refractivity contribution < 1.29 is 18.3 Å². The number of carbonyl (C=O) groups is 1. The van der Waals surface area contributed by atoms with Gasteiger partial charge in [0.2, 0.25) is 0 Å². The van der Waals surface area contributed by atoms with Gasteiger partial charge in [-0.15, -0.1) is 0 Å². The molecule has 0 aliphatic heterocycles. The van der Waals surface area contributed by atoms with Gasteiger partial charge in [-0.1, -0.05) is 0 Å². The molecule has 0 saturated carbocycles. The van der Waals surface area contributed by atoms with Gasteiger partial charge in [0.15, 0.2) is 0 Å². The van der Waals surface area contributed by atoms with Crippen molar-refractivity contribution in [2.75, 3.05) is 7.11 Å². The van der Waals surface area contributed by atoms with Crippen LogP contribution in [0.25, 0.3) is 0 Å². The van der Waals surface area contributed by atoms with Gasteiger partial charge >= 0.3 is 5.97 Å². The van der Waals surface area contributed by atoms with Crippen LogP contribution in [0.15, 0.2) is 10.7 Å². The van der Waals surface area contributed by atoms with Gasteiger partial charge in [0.25, 0.3) is 6.43 Å². The van der Waals surface area contributed by atoms with E-state index < -0.39 is 18.0 Å². The first-order valence-corrected chi connectivity index (χ1v) is 4.77. The second kappa shape index (κ2) is 4.99. The number of hydrogen-bond donors (Lipinski definition) is 0. The summed E-state index contributed by atoms with van der Waals surface area (Å²) in [4.78, 5) is 14.9. The Balaban J connectivity index is 3.47. The van der Waals surface area contributed by atoms with E-state index in [1.165, 1.54) is 0 Å². The molecule has 0 unspecified atom stereocenters. The summed E-state index contributed by atoms with van der Waals surface area (Å²) in [5.41, 5.74) is -1.14. The number of esters is 1. The Morgan fingerprint density at radius 2 is 2.31 bits per heavy atom. The van der Waals surface area contributed by atoms with Gasteiger partial charge < -0.3 is 4.74 Å². The van der Waals surface area contributed by atoms with Gasteiger partial charge in [-0.3, -0.25) is 0 Å². The summed E-state index contributed by atoms with van der Waals surface area (Å²) in [7, 11) is 1.07. The highest BCUT2D eigenvalue weighted by Crippen LogP contribution is 2.28. The van der Waals surface area contributed by atoms with Gasteiger partial charge in [-0.25, -0.2) is 18.6 Å². The smallest absolute Gasteiger partial charge is 0.341 e. The number of hydrogen-bond acceptors (Lipinski definition) is 4. The number of nitriles is 1. The van der Waals surface area contributed by atoms with E-state index in [0.717, 1.165) is 13.2 Å². The third-order valence-corrected chi connectivity index (χ3v) is 2.32. The predicted octanol–water partition coefficient (Wildman–Crippen LogP) is 2.44. The van der Waals surface area contributed by atoms with Gasteiger partial charge in [-0.2, -0.15) is 5.26 Å². The lowest BCUT2D eigenvalue weighted by Gasteiger charge is -2.08. The van der Waals surface area contributed by atoms with E-state index in [1.54, 1.807) is 6.07 Å². The molecule has 84 valence electrons. The highest BCUT2D eigenvalue weighted by molar-refractivity contribution is 9.10. The minimum Gasteiger partial charge on any atom is -0.465 e. The van der Waals surface area contributed by atoms with Crippen LogP contribution in [0.2, 0.25) is 0 Å². The Labute approximate surface area is 98.0 Å². The maximum atomic E-state index is 12.7. The molecule has 0 N–H and O–H groups in total. The van der Waals surface area contributed by atoms with E-state index in [0.29, 0.717) is 0 Å². The third-order valence-electron chi connectivity index (χ3n) is 1.74. The highest BCUT2D eigenvalue weighted by atomic mass is 79.9. The molecule has 0 radical (unpaired) electrons. The molecule has 4 nitrogen and oxygen atoms in total. The standard InChI is InChI=1S/C9H5BrF2N2O2/c1-16-9(15)6-5(8(11)12)2-4(3-13)14-7(6)10/h2,8H,1H3. The van der Waals surface area contributed by atoms with E-state index in [2.05, 4.69) is 25.7 Å². The zero-order valence-electron chi connectivity index (χ0n) is 8.00. The van der Waals surface area contributed by atoms with Crippen molar-refractivity contribution in [3.8, 4) is 6.07 Å². The number of ether oxygens (including phenoxy) is 1. The first kappa shape index (κ1) is 12.5. The number of alkyl halides is 2. The molecule has 0 atom stereocenters. The van der Waals surface area contributed by atoms with Crippen LogP contribution in [0.5, 0.6) is 0 Å². The maximum absolute atomic E-state index is 12.7. The molecule has 0 amide bonds. The topological polar surface area (TPSA) is 63.0 Å². The molecule has 7 heteroatoms. The van der Waals surface area contributed by atoms with Gasteiger partial charge in [0.1, 0.15) is 21.9 Å². The fourth-order valence-electron chi connectivity index (χ4n) is 1.07. The van der Waals surface area contributed by atoms with Crippen LogP contribution in [-0.2, 0) is 4.74 Å². The molecule has 1 aromatic rings. The Morgan fingerprint density at radius 1 is 1.69 bits per heavy atom. The lowest BCUT2D eigenvalue weighted by Crippen LogP contribution is -2.09. The van der Waals surface area contributed by atoms with Crippen molar-refractivity contribution in [1.82, 2.24) is 4.98 Å². The quantitative estimate of drug-likeness (QED) is 0.620. The molecule has 0 aliphatic carbocycles. The van der Waals surface area contributed by atoms with Crippen LogP contribution in [-0.4, -0.2) is 18.1 Å². The van der Waals surface area contributed by atoms with E-state index in [4.69, 9.17) is 5.26 Å². The number of pyridine rings is 1. The lowest BCUT2D eigenvalue weighted by molar-refractivity contribution is 0.0587. The zero-order valence-corrected chi connectivity index (χ0v) is 9.59. The lowest BCUT2D eigenvalue weighted by atomic mass is 10.1. The summed E-state index contributed by atoms with van der Waals surface area (Å²) >= 11 is 2.85. The Hall–Kier alpha value is -1.55. The second-order valence-corrected chi connectivity index (χ2v) is 3.42. The molecule has 1 heterocycles. The average Bonchev–Trinajstić information content (AvgIpc) is 2.26. The Bertz CT molecular complexity index is 471. The van der Waals surface area contributed by atoms with Gasteiger partial charge in [0.05, 0.1) is 7.11 Å². The largest absolute Gasteiger partial charge is 0.465 e. The molecular weight excluding hydrogens is 286 g/mol. The summed E-state index contributed by atoms with van der Waals surface area (Å²) in [5, 5.41) is 8.56. The molecule has 0 aliphatic rings. The molecule has 1 rings (SSSR count). The summed E-state index contributed by atoms with van der Waals surface area (Å²) in [5.74, 6) is -0.931. The first-order valence-electron chi connectivity index (χ1n) is 3.98. The number of nitrogens with zero attached hydrogens (tertiary/aromatic N) is 2. The summed E-state index contributed by atoms with van der Waals surface area (Å²) < 4.78 is 29.5. The third kappa shape index (κ3) is 2.33. The number of carbonyl (C=O) groups excluding carboxylic acids is 1. The molecular formula is C9H5BrF2N2O2. The molecule has 0 spiro atoms. The summed E-state index contributed by atoms with van der Waals surface area (Å²) in [6.45, 7) is 0. The molecule has 0 bridgehead atoms. The van der Waals surface area contributed by atoms with Crippen LogP contribution < -0.4 is 0 Å². The van der Waals surface area contributed by atoms with E-state index in [9.17, 15) is 13.6 Å². The van der Waals surface area contributed by atoms with E-state index >= 15 is 0 Å². The van der Waals surface area contributed by atoms with Gasteiger partial charge in [-0.05, 0) is 22.0 Å². The van der Waals surface area contributed by atoms with Crippen molar-refractivity contribution in [2.24, 2.45) is 0 Å².